The topological polar surface area (TPSA) is 59.0 Å². The van der Waals surface area contributed by atoms with Crippen LogP contribution in [-0.4, -0.2) is 23.7 Å². The van der Waals surface area contributed by atoms with Crippen molar-refractivity contribution in [3.05, 3.63) is 53.6 Å². The number of hydrogen-bond donors (Lipinski definition) is 1. The van der Waals surface area contributed by atoms with E-state index in [1.807, 2.05) is 30.3 Å². The Bertz CT molecular complexity index is 755. The van der Waals surface area contributed by atoms with Crippen molar-refractivity contribution in [2.45, 2.75) is 32.6 Å². The van der Waals surface area contributed by atoms with Gasteiger partial charge >= 0.3 is 0 Å². The number of rotatable bonds is 4. The molecule has 2 aromatic carbocycles. The first-order valence-electron chi connectivity index (χ1n) is 7.83. The highest BCUT2D eigenvalue weighted by molar-refractivity contribution is 6.03. The second-order valence-corrected chi connectivity index (χ2v) is 6.29. The maximum Gasteiger partial charge on any atom is 0.271 e. The average molecular weight is 327 g/mol. The van der Waals surface area contributed by atoms with E-state index in [2.05, 4.69) is 0 Å². The van der Waals surface area contributed by atoms with Gasteiger partial charge in [-0.1, -0.05) is 30.3 Å². The van der Waals surface area contributed by atoms with E-state index in [0.717, 1.165) is 5.56 Å². The van der Waals surface area contributed by atoms with Gasteiger partial charge in [-0.05, 0) is 37.1 Å². The Morgan fingerprint density at radius 3 is 2.50 bits per heavy atom. The molecule has 0 unspecified atom stereocenters. The summed E-state index contributed by atoms with van der Waals surface area (Å²) in [6, 6.07) is 13.3. The SMILES string of the molecule is COc1cc(CO)cc2c1OC(C)(C)C(=O)N2Cc1ccccc1. The molecular formula is C19H21NO4. The second kappa shape index (κ2) is 6.17. The van der Waals surface area contributed by atoms with Crippen LogP contribution in [-0.2, 0) is 17.9 Å². The molecule has 3 rings (SSSR count). The molecule has 0 spiro atoms. The predicted molar refractivity (Wildman–Crippen MR) is 91.3 cm³/mol. The number of carbonyl (C=O) groups is 1. The van der Waals surface area contributed by atoms with Crippen molar-refractivity contribution in [2.75, 3.05) is 12.0 Å². The monoisotopic (exact) mass is 327 g/mol. The molecule has 1 N–H and O–H groups in total. The molecule has 1 aliphatic heterocycles. The molecule has 0 saturated heterocycles. The molecule has 0 atom stereocenters. The zero-order valence-electron chi connectivity index (χ0n) is 14.1. The number of methoxy groups -OCH3 is 1. The zero-order valence-corrected chi connectivity index (χ0v) is 14.1. The van der Waals surface area contributed by atoms with Gasteiger partial charge in [0.05, 0.1) is 25.9 Å². The minimum absolute atomic E-state index is 0.129. The Balaban J connectivity index is 2.13. The molecule has 1 amide bonds. The molecule has 0 aliphatic carbocycles. The molecule has 2 aromatic rings. The highest BCUT2D eigenvalue weighted by Gasteiger charge is 2.42. The molecular weight excluding hydrogens is 306 g/mol. The van der Waals surface area contributed by atoms with Gasteiger partial charge in [0.15, 0.2) is 17.1 Å². The van der Waals surface area contributed by atoms with Gasteiger partial charge in [0, 0.05) is 0 Å². The molecule has 0 fully saturated rings. The van der Waals surface area contributed by atoms with Gasteiger partial charge in [-0.3, -0.25) is 4.79 Å². The third-order valence-electron chi connectivity index (χ3n) is 4.09. The van der Waals surface area contributed by atoms with E-state index in [0.29, 0.717) is 29.3 Å². The van der Waals surface area contributed by atoms with Crippen molar-refractivity contribution in [3.63, 3.8) is 0 Å². The molecule has 0 saturated carbocycles. The third-order valence-corrected chi connectivity index (χ3v) is 4.09. The van der Waals surface area contributed by atoms with Crippen LogP contribution in [0.3, 0.4) is 0 Å². The van der Waals surface area contributed by atoms with E-state index >= 15 is 0 Å². The lowest BCUT2D eigenvalue weighted by atomic mass is 10.0. The number of aliphatic hydroxyl groups excluding tert-OH is 1. The Morgan fingerprint density at radius 1 is 1.17 bits per heavy atom. The molecule has 0 bridgehead atoms. The van der Waals surface area contributed by atoms with Crippen LogP contribution in [0, 0.1) is 0 Å². The standard InChI is InChI=1S/C19H21NO4/c1-19(2)18(22)20(11-13-7-5-4-6-8-13)15-9-14(12-21)10-16(23-3)17(15)24-19/h4-10,21H,11-12H2,1-3H3. The van der Waals surface area contributed by atoms with Crippen LogP contribution >= 0.6 is 0 Å². The van der Waals surface area contributed by atoms with E-state index in [1.54, 1.807) is 38.0 Å². The quantitative estimate of drug-likeness (QED) is 0.938. The van der Waals surface area contributed by atoms with Crippen LogP contribution < -0.4 is 14.4 Å². The Labute approximate surface area is 141 Å². The predicted octanol–water partition coefficient (Wildman–Crippen LogP) is 2.89. The lowest BCUT2D eigenvalue weighted by Gasteiger charge is -2.39. The number of benzene rings is 2. The van der Waals surface area contributed by atoms with Crippen molar-refractivity contribution in [1.82, 2.24) is 0 Å². The number of anilines is 1. The van der Waals surface area contributed by atoms with Gasteiger partial charge in [0.1, 0.15) is 0 Å². The molecule has 24 heavy (non-hydrogen) atoms. The number of carbonyl (C=O) groups excluding carboxylic acids is 1. The molecule has 1 aliphatic rings. The van der Waals surface area contributed by atoms with E-state index in [-0.39, 0.29) is 12.5 Å². The smallest absolute Gasteiger partial charge is 0.271 e. The molecule has 0 radical (unpaired) electrons. The highest BCUT2D eigenvalue weighted by Crippen LogP contribution is 2.45. The normalized spacial score (nSPS) is 15.7. The minimum atomic E-state index is -0.990. The number of amides is 1. The number of aliphatic hydroxyl groups is 1. The number of nitrogens with zero attached hydrogens (tertiary/aromatic N) is 1. The minimum Gasteiger partial charge on any atom is -0.493 e. The number of hydrogen-bond acceptors (Lipinski definition) is 4. The summed E-state index contributed by atoms with van der Waals surface area (Å²) in [5.74, 6) is 0.904. The zero-order chi connectivity index (χ0) is 17.3. The summed E-state index contributed by atoms with van der Waals surface area (Å²) < 4.78 is 11.3. The lowest BCUT2D eigenvalue weighted by molar-refractivity contribution is -0.132. The molecule has 126 valence electrons. The summed E-state index contributed by atoms with van der Waals surface area (Å²) in [6.45, 7) is 3.78. The van der Waals surface area contributed by atoms with Crippen molar-refractivity contribution >= 4 is 11.6 Å². The van der Waals surface area contributed by atoms with Crippen LogP contribution in [0.1, 0.15) is 25.0 Å². The van der Waals surface area contributed by atoms with Gasteiger partial charge in [-0.25, -0.2) is 0 Å². The number of fused-ring (bicyclic) bond motifs is 1. The third kappa shape index (κ3) is 2.83. The summed E-state index contributed by atoms with van der Waals surface area (Å²) in [7, 11) is 1.55. The first kappa shape index (κ1) is 16.3. The Kier molecular flexibility index (Phi) is 4.20. The van der Waals surface area contributed by atoms with Crippen molar-refractivity contribution < 1.29 is 19.4 Å². The maximum absolute atomic E-state index is 12.9. The van der Waals surface area contributed by atoms with Crippen LogP contribution in [0.15, 0.2) is 42.5 Å². The highest BCUT2D eigenvalue weighted by atomic mass is 16.5. The van der Waals surface area contributed by atoms with Crippen LogP contribution in [0.5, 0.6) is 11.5 Å². The van der Waals surface area contributed by atoms with Crippen molar-refractivity contribution in [1.29, 1.82) is 0 Å². The fraction of sp³-hybridized carbons (Fsp3) is 0.316. The second-order valence-electron chi connectivity index (χ2n) is 6.29. The summed E-state index contributed by atoms with van der Waals surface area (Å²) >= 11 is 0. The number of ether oxygens (including phenoxy) is 2. The largest absolute Gasteiger partial charge is 0.493 e. The van der Waals surface area contributed by atoms with Crippen molar-refractivity contribution in [2.24, 2.45) is 0 Å². The molecule has 5 heteroatoms. The maximum atomic E-state index is 12.9. The fourth-order valence-corrected chi connectivity index (χ4v) is 2.85. The van der Waals surface area contributed by atoms with Crippen LogP contribution in [0.25, 0.3) is 0 Å². The van der Waals surface area contributed by atoms with E-state index in [9.17, 15) is 9.90 Å². The van der Waals surface area contributed by atoms with Gasteiger partial charge in [-0.15, -0.1) is 0 Å². The van der Waals surface area contributed by atoms with Crippen LogP contribution in [0.4, 0.5) is 5.69 Å². The van der Waals surface area contributed by atoms with Gasteiger partial charge < -0.3 is 19.5 Å². The van der Waals surface area contributed by atoms with Crippen LogP contribution in [0.2, 0.25) is 0 Å². The van der Waals surface area contributed by atoms with Crippen molar-refractivity contribution in [3.8, 4) is 11.5 Å². The molecule has 1 heterocycles. The Hall–Kier alpha value is -2.53. The van der Waals surface area contributed by atoms with Gasteiger partial charge in [0.2, 0.25) is 0 Å². The van der Waals surface area contributed by atoms with E-state index in [4.69, 9.17) is 9.47 Å². The summed E-state index contributed by atoms with van der Waals surface area (Å²) in [6.07, 6.45) is 0. The Morgan fingerprint density at radius 2 is 1.88 bits per heavy atom. The summed E-state index contributed by atoms with van der Waals surface area (Å²) in [5, 5.41) is 9.50. The first-order valence-corrected chi connectivity index (χ1v) is 7.83. The van der Waals surface area contributed by atoms with Gasteiger partial charge in [0.25, 0.3) is 5.91 Å². The fourth-order valence-electron chi connectivity index (χ4n) is 2.85. The van der Waals surface area contributed by atoms with E-state index in [1.165, 1.54) is 0 Å². The molecule has 0 aromatic heterocycles. The first-order chi connectivity index (χ1) is 11.5. The van der Waals surface area contributed by atoms with E-state index < -0.39 is 5.60 Å². The van der Waals surface area contributed by atoms with Gasteiger partial charge in [-0.2, -0.15) is 0 Å². The lowest BCUT2D eigenvalue weighted by Crippen LogP contribution is -2.52. The average Bonchev–Trinajstić information content (AvgIpc) is 2.59. The summed E-state index contributed by atoms with van der Waals surface area (Å²) in [5.41, 5.74) is 1.31. The summed E-state index contributed by atoms with van der Waals surface area (Å²) in [4.78, 5) is 14.6. The molecule has 5 nitrogen and oxygen atoms in total.